The first-order valence-electron chi connectivity index (χ1n) is 10.4. The van der Waals surface area contributed by atoms with Crippen molar-refractivity contribution >= 4 is 34.9 Å². The Morgan fingerprint density at radius 3 is 2.42 bits per heavy atom. The van der Waals surface area contributed by atoms with E-state index in [0.717, 1.165) is 28.6 Å². The van der Waals surface area contributed by atoms with Crippen molar-refractivity contribution in [2.75, 3.05) is 13.1 Å². The van der Waals surface area contributed by atoms with Crippen LogP contribution in [0, 0.1) is 6.92 Å². The van der Waals surface area contributed by atoms with Crippen LogP contribution in [-0.4, -0.2) is 40.8 Å². The SMILES string of the molecule is Cc1csc(SCc2ccc(C(=O)N3CCC(NC(=O)c4ccccc4)CC3)cc2)n1. The number of aryl methyl sites for hydroxylation is 1. The largest absolute Gasteiger partial charge is 0.349 e. The maximum Gasteiger partial charge on any atom is 0.253 e. The maximum absolute atomic E-state index is 12.9. The van der Waals surface area contributed by atoms with Gasteiger partial charge in [0.2, 0.25) is 0 Å². The molecule has 0 spiro atoms. The summed E-state index contributed by atoms with van der Waals surface area (Å²) < 4.78 is 1.07. The topological polar surface area (TPSA) is 62.3 Å². The average Bonchev–Trinajstić information content (AvgIpc) is 3.24. The standard InChI is InChI=1S/C24H25N3O2S2/c1-17-15-30-24(25-17)31-16-18-7-9-20(10-8-18)23(29)27-13-11-21(12-14-27)26-22(28)19-5-3-2-4-6-19/h2-10,15,21H,11-14,16H2,1H3,(H,26,28). The number of rotatable bonds is 6. The Labute approximate surface area is 190 Å². The fourth-order valence-electron chi connectivity index (χ4n) is 3.56. The van der Waals surface area contributed by atoms with Gasteiger partial charge in [-0.3, -0.25) is 9.59 Å². The van der Waals surface area contributed by atoms with Crippen molar-refractivity contribution in [2.45, 2.75) is 35.9 Å². The summed E-state index contributed by atoms with van der Waals surface area (Å²) in [5, 5.41) is 5.14. The van der Waals surface area contributed by atoms with E-state index >= 15 is 0 Å². The van der Waals surface area contributed by atoms with Gasteiger partial charge >= 0.3 is 0 Å². The number of likely N-dealkylation sites (tertiary alicyclic amines) is 1. The van der Waals surface area contributed by atoms with Crippen LogP contribution >= 0.6 is 23.1 Å². The summed E-state index contributed by atoms with van der Waals surface area (Å²) in [6, 6.07) is 17.2. The summed E-state index contributed by atoms with van der Waals surface area (Å²) in [5.74, 6) is 0.850. The summed E-state index contributed by atoms with van der Waals surface area (Å²) in [4.78, 5) is 31.5. The molecule has 3 aromatic rings. The highest BCUT2D eigenvalue weighted by atomic mass is 32.2. The van der Waals surface area contributed by atoms with Crippen LogP contribution in [0.3, 0.4) is 0 Å². The Morgan fingerprint density at radius 2 is 1.77 bits per heavy atom. The fourth-order valence-corrected chi connectivity index (χ4v) is 5.36. The molecule has 1 N–H and O–H groups in total. The van der Waals surface area contributed by atoms with Crippen LogP contribution in [0.25, 0.3) is 0 Å². The van der Waals surface area contributed by atoms with Crippen molar-refractivity contribution in [2.24, 2.45) is 0 Å². The summed E-state index contributed by atoms with van der Waals surface area (Å²) >= 11 is 3.38. The van der Waals surface area contributed by atoms with Crippen LogP contribution in [-0.2, 0) is 5.75 Å². The minimum absolute atomic E-state index is 0.0493. The number of amides is 2. The zero-order chi connectivity index (χ0) is 21.6. The van der Waals surface area contributed by atoms with Gasteiger partial charge in [0.1, 0.15) is 4.34 Å². The lowest BCUT2D eigenvalue weighted by atomic mass is 10.0. The molecule has 2 heterocycles. The van der Waals surface area contributed by atoms with E-state index in [1.807, 2.05) is 66.4 Å². The van der Waals surface area contributed by atoms with Crippen molar-refractivity contribution in [3.63, 3.8) is 0 Å². The Hall–Kier alpha value is -2.64. The Kier molecular flexibility index (Phi) is 7.04. The number of thioether (sulfide) groups is 1. The summed E-state index contributed by atoms with van der Waals surface area (Å²) in [6.07, 6.45) is 1.54. The summed E-state index contributed by atoms with van der Waals surface area (Å²) in [7, 11) is 0. The first kappa shape index (κ1) is 21.6. The molecule has 2 amide bonds. The number of thiazole rings is 1. The third kappa shape index (κ3) is 5.74. The molecule has 1 fully saturated rings. The lowest BCUT2D eigenvalue weighted by Gasteiger charge is -2.32. The molecule has 1 aliphatic heterocycles. The van der Waals surface area contributed by atoms with E-state index in [4.69, 9.17) is 0 Å². The normalized spacial score (nSPS) is 14.4. The van der Waals surface area contributed by atoms with Crippen LogP contribution in [0.4, 0.5) is 0 Å². The van der Waals surface area contributed by atoms with E-state index in [2.05, 4.69) is 15.7 Å². The molecule has 7 heteroatoms. The number of benzene rings is 2. The van der Waals surface area contributed by atoms with Crippen molar-refractivity contribution in [3.8, 4) is 0 Å². The zero-order valence-corrected chi connectivity index (χ0v) is 19.0. The smallest absolute Gasteiger partial charge is 0.253 e. The lowest BCUT2D eigenvalue weighted by Crippen LogP contribution is -2.46. The minimum Gasteiger partial charge on any atom is -0.349 e. The average molecular weight is 452 g/mol. The van der Waals surface area contributed by atoms with Gasteiger partial charge in [0.15, 0.2) is 0 Å². The zero-order valence-electron chi connectivity index (χ0n) is 17.4. The quantitative estimate of drug-likeness (QED) is 0.548. The van der Waals surface area contributed by atoms with E-state index in [1.165, 1.54) is 5.56 Å². The number of hydrogen-bond donors (Lipinski definition) is 1. The summed E-state index contributed by atoms with van der Waals surface area (Å²) in [5.41, 5.74) is 3.61. The number of nitrogens with one attached hydrogen (secondary N) is 1. The van der Waals surface area contributed by atoms with Crippen molar-refractivity contribution in [3.05, 3.63) is 82.4 Å². The van der Waals surface area contributed by atoms with Crippen molar-refractivity contribution < 1.29 is 9.59 Å². The number of nitrogens with zero attached hydrogens (tertiary/aromatic N) is 2. The minimum atomic E-state index is -0.0493. The molecule has 1 saturated heterocycles. The van der Waals surface area contributed by atoms with Crippen molar-refractivity contribution in [1.29, 1.82) is 0 Å². The fraction of sp³-hybridized carbons (Fsp3) is 0.292. The van der Waals surface area contributed by atoms with Crippen LogP contribution < -0.4 is 5.32 Å². The number of carbonyl (C=O) groups excluding carboxylic acids is 2. The first-order valence-corrected chi connectivity index (χ1v) is 12.2. The third-order valence-electron chi connectivity index (χ3n) is 5.31. The van der Waals surface area contributed by atoms with Gasteiger partial charge in [-0.2, -0.15) is 0 Å². The Bertz CT molecular complexity index is 1030. The molecule has 0 radical (unpaired) electrons. The van der Waals surface area contributed by atoms with Gasteiger partial charge in [-0.05, 0) is 49.6 Å². The molecular weight excluding hydrogens is 426 g/mol. The van der Waals surface area contributed by atoms with E-state index in [-0.39, 0.29) is 17.9 Å². The third-order valence-corrected chi connectivity index (χ3v) is 7.52. The highest BCUT2D eigenvalue weighted by molar-refractivity contribution is 8.00. The Morgan fingerprint density at radius 1 is 1.06 bits per heavy atom. The molecule has 1 aliphatic rings. The second kappa shape index (κ2) is 10.1. The van der Waals surface area contributed by atoms with E-state index in [9.17, 15) is 9.59 Å². The van der Waals surface area contributed by atoms with Crippen LogP contribution in [0.5, 0.6) is 0 Å². The van der Waals surface area contributed by atoms with Gasteiger partial charge in [-0.15, -0.1) is 11.3 Å². The van der Waals surface area contributed by atoms with Crippen molar-refractivity contribution in [1.82, 2.24) is 15.2 Å². The molecule has 0 saturated carbocycles. The second-order valence-corrected chi connectivity index (χ2v) is 9.73. The van der Waals surface area contributed by atoms with E-state index in [1.54, 1.807) is 23.1 Å². The molecule has 0 bridgehead atoms. The van der Waals surface area contributed by atoms with Gasteiger partial charge in [0, 0.05) is 47.1 Å². The molecule has 5 nitrogen and oxygen atoms in total. The maximum atomic E-state index is 12.9. The molecule has 160 valence electrons. The van der Waals surface area contributed by atoms with Gasteiger partial charge < -0.3 is 10.2 Å². The molecule has 2 aromatic carbocycles. The number of hydrogen-bond acceptors (Lipinski definition) is 5. The highest BCUT2D eigenvalue weighted by Gasteiger charge is 2.24. The monoisotopic (exact) mass is 451 g/mol. The molecular formula is C24H25N3O2S2. The Balaban J connectivity index is 1.26. The molecule has 31 heavy (non-hydrogen) atoms. The van der Waals surface area contributed by atoms with Gasteiger partial charge in [0.05, 0.1) is 0 Å². The lowest BCUT2D eigenvalue weighted by molar-refractivity contribution is 0.0698. The first-order chi connectivity index (χ1) is 15.1. The molecule has 4 rings (SSSR count). The van der Waals surface area contributed by atoms with Gasteiger partial charge in [-0.1, -0.05) is 42.1 Å². The van der Waals surface area contributed by atoms with E-state index < -0.39 is 0 Å². The van der Waals surface area contributed by atoms with Crippen LogP contribution in [0.15, 0.2) is 64.3 Å². The molecule has 0 aliphatic carbocycles. The van der Waals surface area contributed by atoms with E-state index in [0.29, 0.717) is 24.2 Å². The van der Waals surface area contributed by atoms with Crippen LogP contribution in [0.1, 0.15) is 44.8 Å². The molecule has 0 unspecified atom stereocenters. The second-order valence-electron chi connectivity index (χ2n) is 7.65. The molecule has 0 atom stereocenters. The van der Waals surface area contributed by atoms with Gasteiger partial charge in [0.25, 0.3) is 11.8 Å². The van der Waals surface area contributed by atoms with Gasteiger partial charge in [-0.25, -0.2) is 4.98 Å². The number of carbonyl (C=O) groups is 2. The van der Waals surface area contributed by atoms with Crippen LogP contribution in [0.2, 0.25) is 0 Å². The highest BCUT2D eigenvalue weighted by Crippen LogP contribution is 2.26. The number of piperidine rings is 1. The summed E-state index contributed by atoms with van der Waals surface area (Å²) in [6.45, 7) is 3.31. The number of aromatic nitrogens is 1. The predicted octanol–water partition coefficient (Wildman–Crippen LogP) is 4.78. The molecule has 1 aromatic heterocycles. The predicted molar refractivity (Wildman–Crippen MR) is 126 cm³/mol.